The quantitative estimate of drug-likeness (QED) is 0.560. The molecule has 1 radical (unpaired) electrons. The van der Waals surface area contributed by atoms with Gasteiger partial charge < -0.3 is 0 Å². The molecule has 0 aromatic carbocycles. The molecule has 0 aliphatic rings. The molecule has 0 heteroatoms. The van der Waals surface area contributed by atoms with E-state index >= 15 is 0 Å². The fourth-order valence-electron chi connectivity index (χ4n) is 1.31. The molecule has 0 aliphatic heterocycles. The average Bonchev–Trinajstić information content (AvgIpc) is 1.86. The molecule has 0 aromatic heterocycles. The van der Waals surface area contributed by atoms with E-state index in [2.05, 4.69) is 34.6 Å². The molecule has 0 aromatic rings. The lowest BCUT2D eigenvalue weighted by atomic mass is 9.75. The Bertz CT molecular complexity index is 82.0. The summed E-state index contributed by atoms with van der Waals surface area (Å²) >= 11 is 0. The standard InChI is InChI=1S/C10H21/c1-6-8-10(4,5)9(3)7-2/h9H,4,6-8H2,1-3,5H3. The van der Waals surface area contributed by atoms with E-state index in [1.165, 1.54) is 19.3 Å². The minimum absolute atomic E-state index is 0.309. The van der Waals surface area contributed by atoms with Crippen molar-refractivity contribution in [3.63, 3.8) is 0 Å². The van der Waals surface area contributed by atoms with Crippen LogP contribution < -0.4 is 0 Å². The van der Waals surface area contributed by atoms with Crippen molar-refractivity contribution in [1.82, 2.24) is 0 Å². The summed E-state index contributed by atoms with van der Waals surface area (Å²) in [5.41, 5.74) is 0.309. The minimum Gasteiger partial charge on any atom is -0.0654 e. The first-order chi connectivity index (χ1) is 4.54. The van der Waals surface area contributed by atoms with E-state index in [1.54, 1.807) is 0 Å². The summed E-state index contributed by atoms with van der Waals surface area (Å²) in [5, 5.41) is 0. The smallest absolute Gasteiger partial charge is 0.0300 e. The van der Waals surface area contributed by atoms with Crippen molar-refractivity contribution in [2.75, 3.05) is 0 Å². The first kappa shape index (κ1) is 10.0. The zero-order valence-electron chi connectivity index (χ0n) is 7.91. The van der Waals surface area contributed by atoms with Crippen molar-refractivity contribution < 1.29 is 0 Å². The van der Waals surface area contributed by atoms with Gasteiger partial charge in [0.15, 0.2) is 0 Å². The molecule has 0 spiro atoms. The lowest BCUT2D eigenvalue weighted by Crippen LogP contribution is -2.20. The van der Waals surface area contributed by atoms with Crippen LogP contribution in [0.4, 0.5) is 0 Å². The maximum Gasteiger partial charge on any atom is -0.0300 e. The van der Waals surface area contributed by atoms with Gasteiger partial charge in [-0.05, 0) is 24.7 Å². The van der Waals surface area contributed by atoms with Crippen LogP contribution in [-0.4, -0.2) is 0 Å². The number of hydrogen-bond acceptors (Lipinski definition) is 0. The third kappa shape index (κ3) is 2.72. The molecule has 0 fully saturated rings. The van der Waals surface area contributed by atoms with Gasteiger partial charge in [-0.15, -0.1) is 0 Å². The second-order valence-corrected chi connectivity index (χ2v) is 3.71. The Morgan fingerprint density at radius 2 is 1.90 bits per heavy atom. The van der Waals surface area contributed by atoms with Gasteiger partial charge in [-0.25, -0.2) is 0 Å². The Morgan fingerprint density at radius 3 is 2.20 bits per heavy atom. The van der Waals surface area contributed by atoms with Gasteiger partial charge in [-0.2, -0.15) is 0 Å². The maximum atomic E-state index is 4.23. The van der Waals surface area contributed by atoms with Crippen molar-refractivity contribution in [3.8, 4) is 0 Å². The summed E-state index contributed by atoms with van der Waals surface area (Å²) < 4.78 is 0. The van der Waals surface area contributed by atoms with Crippen molar-refractivity contribution in [2.45, 2.75) is 47.0 Å². The normalized spacial score (nSPS) is 15.3. The lowest BCUT2D eigenvalue weighted by molar-refractivity contribution is 0.242. The molecule has 0 amide bonds. The molecular weight excluding hydrogens is 120 g/mol. The van der Waals surface area contributed by atoms with E-state index in [9.17, 15) is 0 Å². The second kappa shape index (κ2) is 4.00. The van der Waals surface area contributed by atoms with Crippen LogP contribution in [0.15, 0.2) is 0 Å². The molecular formula is C10H21. The first-order valence-corrected chi connectivity index (χ1v) is 4.40. The molecule has 0 saturated heterocycles. The summed E-state index contributed by atoms with van der Waals surface area (Å²) in [4.78, 5) is 0. The fraction of sp³-hybridized carbons (Fsp3) is 0.900. The van der Waals surface area contributed by atoms with E-state index in [0.717, 1.165) is 5.92 Å². The molecule has 10 heavy (non-hydrogen) atoms. The topological polar surface area (TPSA) is 0 Å². The zero-order chi connectivity index (χ0) is 8.20. The highest BCUT2D eigenvalue weighted by Crippen LogP contribution is 2.32. The minimum atomic E-state index is 0.309. The van der Waals surface area contributed by atoms with E-state index in [-0.39, 0.29) is 0 Å². The van der Waals surface area contributed by atoms with Crippen LogP contribution in [0.25, 0.3) is 0 Å². The van der Waals surface area contributed by atoms with Gasteiger partial charge in [0.05, 0.1) is 0 Å². The van der Waals surface area contributed by atoms with Gasteiger partial charge in [0.1, 0.15) is 0 Å². The molecule has 0 rings (SSSR count). The summed E-state index contributed by atoms with van der Waals surface area (Å²) in [7, 11) is 0. The maximum absolute atomic E-state index is 4.23. The van der Waals surface area contributed by atoms with Crippen molar-refractivity contribution in [2.24, 2.45) is 11.3 Å². The molecule has 0 nitrogen and oxygen atoms in total. The highest BCUT2D eigenvalue weighted by molar-refractivity contribution is 4.80. The van der Waals surface area contributed by atoms with Crippen LogP contribution in [0.3, 0.4) is 0 Å². The summed E-state index contributed by atoms with van der Waals surface area (Å²) in [6, 6.07) is 0. The third-order valence-corrected chi connectivity index (χ3v) is 2.62. The largest absolute Gasteiger partial charge is 0.0654 e. The highest BCUT2D eigenvalue weighted by atomic mass is 14.3. The van der Waals surface area contributed by atoms with Gasteiger partial charge in [0.25, 0.3) is 0 Å². The van der Waals surface area contributed by atoms with E-state index < -0.39 is 0 Å². The van der Waals surface area contributed by atoms with Gasteiger partial charge in [-0.3, -0.25) is 0 Å². The van der Waals surface area contributed by atoms with Crippen LogP contribution in [0, 0.1) is 18.3 Å². The third-order valence-electron chi connectivity index (χ3n) is 2.62. The number of rotatable bonds is 4. The Labute approximate surface area is 66.0 Å². The molecule has 61 valence electrons. The van der Waals surface area contributed by atoms with Gasteiger partial charge >= 0.3 is 0 Å². The van der Waals surface area contributed by atoms with Crippen LogP contribution in [0.5, 0.6) is 0 Å². The average molecular weight is 141 g/mol. The molecule has 0 N–H and O–H groups in total. The van der Waals surface area contributed by atoms with Crippen molar-refractivity contribution in [3.05, 3.63) is 6.92 Å². The van der Waals surface area contributed by atoms with Crippen molar-refractivity contribution >= 4 is 0 Å². The number of hydrogen-bond donors (Lipinski definition) is 0. The molecule has 0 aliphatic carbocycles. The van der Waals surface area contributed by atoms with E-state index in [0.29, 0.717) is 5.41 Å². The van der Waals surface area contributed by atoms with Crippen LogP contribution >= 0.6 is 0 Å². The molecule has 2 atom stereocenters. The second-order valence-electron chi connectivity index (χ2n) is 3.71. The molecule has 2 unspecified atom stereocenters. The molecule has 0 bridgehead atoms. The molecule has 0 saturated carbocycles. The SMILES string of the molecule is [CH2]C(C)(CCC)C(C)CC. The van der Waals surface area contributed by atoms with Crippen LogP contribution in [-0.2, 0) is 0 Å². The van der Waals surface area contributed by atoms with Crippen LogP contribution in [0.2, 0.25) is 0 Å². The highest BCUT2D eigenvalue weighted by Gasteiger charge is 2.22. The Balaban J connectivity index is 3.82. The van der Waals surface area contributed by atoms with Gasteiger partial charge in [0.2, 0.25) is 0 Å². The predicted molar refractivity (Wildman–Crippen MR) is 47.8 cm³/mol. The molecule has 0 heterocycles. The fourth-order valence-corrected chi connectivity index (χ4v) is 1.31. The predicted octanol–water partition coefficient (Wildman–Crippen LogP) is 3.67. The Kier molecular flexibility index (Phi) is 4.00. The van der Waals surface area contributed by atoms with Crippen molar-refractivity contribution in [1.29, 1.82) is 0 Å². The van der Waals surface area contributed by atoms with Gasteiger partial charge in [-0.1, -0.05) is 40.5 Å². The monoisotopic (exact) mass is 141 g/mol. The van der Waals surface area contributed by atoms with E-state index in [1.807, 2.05) is 0 Å². The van der Waals surface area contributed by atoms with Crippen LogP contribution in [0.1, 0.15) is 47.0 Å². The summed E-state index contributed by atoms with van der Waals surface area (Å²) in [6.45, 7) is 13.3. The Morgan fingerprint density at radius 1 is 1.40 bits per heavy atom. The van der Waals surface area contributed by atoms with E-state index in [4.69, 9.17) is 0 Å². The Hall–Kier alpha value is 0. The zero-order valence-corrected chi connectivity index (χ0v) is 7.91. The lowest BCUT2D eigenvalue weighted by Gasteiger charge is -2.30. The van der Waals surface area contributed by atoms with Gasteiger partial charge in [0, 0.05) is 0 Å². The summed E-state index contributed by atoms with van der Waals surface area (Å²) in [5.74, 6) is 0.757. The first-order valence-electron chi connectivity index (χ1n) is 4.40. The summed E-state index contributed by atoms with van der Waals surface area (Å²) in [6.07, 6.45) is 3.76.